The van der Waals surface area contributed by atoms with Gasteiger partial charge in [-0.05, 0) is 30.7 Å². The Morgan fingerprint density at radius 3 is 2.62 bits per heavy atom. The van der Waals surface area contributed by atoms with E-state index in [1.807, 2.05) is 0 Å². The van der Waals surface area contributed by atoms with Gasteiger partial charge in [0.15, 0.2) is 22.3 Å². The molecule has 52 heavy (non-hydrogen) atoms. The molecule has 2 aliphatic heterocycles. The van der Waals surface area contributed by atoms with Crippen LogP contribution in [0, 0.1) is 6.92 Å². The van der Waals surface area contributed by atoms with Crippen LogP contribution in [-0.2, 0) is 33.8 Å². The number of fused-ring (bicyclic) bond motifs is 2. The number of hydrogen-bond acceptors (Lipinski definition) is 19. The highest BCUT2D eigenvalue weighted by Gasteiger charge is 2.54. The first-order chi connectivity index (χ1) is 24.7. The molecular formula is C28H25N9O11S4. The number of aliphatic carboxylic acids is 1. The molecule has 5 heterocycles. The standard InChI is InChI=1S/C28H25N9O11S4/c1-11-5-17(37-28(30-11)33-21(34-37)26(44)47-2)49-7-12-8-50-24-19(23(41)36(24)20(12)25(42)43)32-22(40)18(14-9-51-27(29)31-14)35-48-10-52(45,46)13-3-4-15(38)16(39)6-13/h3-6,9,19,24,38-39H,7-8,10H2,1-2H3,(H2,29,31)(H,32,40)(H,42,43)/t19-,24-/m1/s1. The average Bonchev–Trinajstić information content (AvgIpc) is 3.74. The van der Waals surface area contributed by atoms with Gasteiger partial charge in [-0.3, -0.25) is 14.5 Å². The third-order valence-corrected chi connectivity index (χ3v) is 11.8. The number of oxime groups is 1. The van der Waals surface area contributed by atoms with Gasteiger partial charge in [0.25, 0.3) is 23.4 Å². The summed E-state index contributed by atoms with van der Waals surface area (Å²) in [5, 5.41) is 40.7. The van der Waals surface area contributed by atoms with Gasteiger partial charge in [-0.2, -0.15) is 9.50 Å². The molecule has 24 heteroatoms. The normalized spacial score (nSPS) is 17.5. The number of nitrogens with one attached hydrogen (secondary N) is 1. The van der Waals surface area contributed by atoms with Gasteiger partial charge in [0.2, 0.25) is 15.8 Å². The molecule has 20 nitrogen and oxygen atoms in total. The number of carbonyl (C=O) groups excluding carboxylic acids is 3. The fraction of sp³-hybridized carbons (Fsp3) is 0.250. The molecule has 0 bridgehead atoms. The van der Waals surface area contributed by atoms with E-state index in [2.05, 4.69) is 35.3 Å². The van der Waals surface area contributed by atoms with Gasteiger partial charge in [0.05, 0.1) is 12.0 Å². The molecule has 1 saturated heterocycles. The number of nitrogens with zero attached hydrogens (tertiary/aromatic N) is 7. The monoisotopic (exact) mass is 791 g/mol. The van der Waals surface area contributed by atoms with Crippen molar-refractivity contribution in [1.29, 1.82) is 0 Å². The molecule has 6 rings (SSSR count). The fourth-order valence-corrected chi connectivity index (χ4v) is 8.90. The number of nitrogen functional groups attached to an aromatic ring is 1. The number of carboxylic acid groups (broad SMARTS) is 1. The first-order valence-corrected chi connectivity index (χ1v) is 19.1. The van der Waals surface area contributed by atoms with Crippen molar-refractivity contribution in [2.45, 2.75) is 28.3 Å². The maximum atomic E-state index is 13.5. The predicted octanol–water partition coefficient (Wildman–Crippen LogP) is 0.352. The van der Waals surface area contributed by atoms with Crippen molar-refractivity contribution >= 4 is 85.1 Å². The summed E-state index contributed by atoms with van der Waals surface area (Å²) in [5.74, 6) is -5.91. The van der Waals surface area contributed by atoms with Crippen LogP contribution in [0.25, 0.3) is 5.78 Å². The maximum absolute atomic E-state index is 13.5. The van der Waals surface area contributed by atoms with Crippen LogP contribution in [0.1, 0.15) is 22.0 Å². The second-order valence-corrected chi connectivity index (χ2v) is 15.7. The topological polar surface area (TPSA) is 291 Å². The van der Waals surface area contributed by atoms with E-state index >= 15 is 0 Å². The molecule has 0 unspecified atom stereocenters. The summed E-state index contributed by atoms with van der Waals surface area (Å²) >= 11 is 3.35. The number of aryl methyl sites for hydroxylation is 1. The van der Waals surface area contributed by atoms with Gasteiger partial charge in [-0.15, -0.1) is 40.0 Å². The Morgan fingerprint density at radius 1 is 1.17 bits per heavy atom. The molecular weight excluding hydrogens is 767 g/mol. The van der Waals surface area contributed by atoms with Crippen LogP contribution in [0.2, 0.25) is 0 Å². The molecule has 0 aliphatic carbocycles. The number of esters is 1. The molecule has 1 aromatic carbocycles. The van der Waals surface area contributed by atoms with Gasteiger partial charge in [0.1, 0.15) is 27.8 Å². The van der Waals surface area contributed by atoms with E-state index in [1.54, 1.807) is 13.0 Å². The zero-order valence-corrected chi connectivity index (χ0v) is 29.9. The van der Waals surface area contributed by atoms with Gasteiger partial charge in [0, 0.05) is 28.6 Å². The number of anilines is 1. The Bertz CT molecular complexity index is 2320. The van der Waals surface area contributed by atoms with Crippen LogP contribution in [-0.4, -0.2) is 119 Å². The molecule has 3 aromatic heterocycles. The van der Waals surface area contributed by atoms with Crippen LogP contribution < -0.4 is 11.1 Å². The van der Waals surface area contributed by atoms with Crippen molar-refractivity contribution in [3.8, 4) is 11.5 Å². The number of benzene rings is 1. The summed E-state index contributed by atoms with van der Waals surface area (Å²) in [6, 6.07) is 3.30. The van der Waals surface area contributed by atoms with Crippen molar-refractivity contribution in [1.82, 2.24) is 34.8 Å². The molecule has 2 aliphatic rings. The van der Waals surface area contributed by atoms with E-state index < -0.39 is 73.1 Å². The fourth-order valence-electron chi connectivity index (χ4n) is 4.93. The highest BCUT2D eigenvalue weighted by molar-refractivity contribution is 8.01. The number of sulfone groups is 1. The first-order valence-electron chi connectivity index (χ1n) is 14.5. The number of ether oxygens (including phenoxy) is 1. The van der Waals surface area contributed by atoms with Gasteiger partial charge >= 0.3 is 11.9 Å². The van der Waals surface area contributed by atoms with Gasteiger partial charge in [-0.1, -0.05) is 5.16 Å². The number of thiazole rings is 1. The number of hydrogen-bond donors (Lipinski definition) is 5. The second-order valence-electron chi connectivity index (χ2n) is 10.8. The average molecular weight is 792 g/mol. The zero-order chi connectivity index (χ0) is 37.5. The lowest BCUT2D eigenvalue weighted by atomic mass is 10.0. The predicted molar refractivity (Wildman–Crippen MR) is 183 cm³/mol. The van der Waals surface area contributed by atoms with Crippen LogP contribution in [0.5, 0.6) is 11.5 Å². The summed E-state index contributed by atoms with van der Waals surface area (Å²) in [6.45, 7) is 1.71. The number of β-lactam (4-membered cyclic amide) rings is 1. The van der Waals surface area contributed by atoms with Crippen molar-refractivity contribution < 1.29 is 52.5 Å². The number of aromatic hydroxyl groups is 2. The van der Waals surface area contributed by atoms with Crippen molar-refractivity contribution in [3.63, 3.8) is 0 Å². The number of carboxylic acids is 1. The highest BCUT2D eigenvalue weighted by Crippen LogP contribution is 2.41. The SMILES string of the molecule is COC(=O)c1nc2nc(C)cc(SCC3=C(C(=O)O)N4C(=O)[C@@H](NC(=O)C(=NOCS(=O)(=O)c5ccc(O)c(O)c5)c5csc(N)n5)[C@H]4SC3)n2n1. The summed E-state index contributed by atoms with van der Waals surface area (Å²) in [7, 11) is -3.04. The van der Waals surface area contributed by atoms with E-state index in [0.717, 1.165) is 34.4 Å². The number of phenols is 2. The third-order valence-electron chi connectivity index (χ3n) is 7.36. The number of amides is 2. The lowest BCUT2D eigenvalue weighted by Gasteiger charge is -2.49. The minimum Gasteiger partial charge on any atom is -0.504 e. The summed E-state index contributed by atoms with van der Waals surface area (Å²) in [6.07, 6.45) is 0. The summed E-state index contributed by atoms with van der Waals surface area (Å²) < 4.78 is 31.4. The van der Waals surface area contributed by atoms with E-state index in [1.165, 1.54) is 40.5 Å². The third kappa shape index (κ3) is 7.04. The maximum Gasteiger partial charge on any atom is 0.378 e. The van der Waals surface area contributed by atoms with E-state index in [9.17, 15) is 42.9 Å². The molecule has 0 radical (unpaired) electrons. The lowest BCUT2D eigenvalue weighted by Crippen LogP contribution is -2.71. The van der Waals surface area contributed by atoms with Gasteiger partial charge in [-0.25, -0.2) is 28.0 Å². The van der Waals surface area contributed by atoms with Crippen LogP contribution in [0.3, 0.4) is 0 Å². The number of phenolic OH excluding ortho intramolecular Hbond substituents is 2. The number of carbonyl (C=O) groups is 4. The molecule has 2 amide bonds. The first kappa shape index (κ1) is 36.3. The Labute approximate surface area is 304 Å². The largest absolute Gasteiger partial charge is 0.504 e. The smallest absolute Gasteiger partial charge is 0.378 e. The highest BCUT2D eigenvalue weighted by atomic mass is 32.2. The summed E-state index contributed by atoms with van der Waals surface area (Å²) in [4.78, 5) is 69.3. The number of rotatable bonds is 12. The van der Waals surface area contributed by atoms with Crippen LogP contribution >= 0.6 is 34.9 Å². The number of aromatic nitrogens is 5. The van der Waals surface area contributed by atoms with Crippen molar-refractivity contribution in [2.75, 3.05) is 30.3 Å². The van der Waals surface area contributed by atoms with Crippen molar-refractivity contribution in [3.05, 3.63) is 58.1 Å². The number of methoxy groups -OCH3 is 1. The van der Waals surface area contributed by atoms with Gasteiger partial charge < -0.3 is 35.9 Å². The molecule has 4 aromatic rings. The minimum absolute atomic E-state index is 0.0495. The Morgan fingerprint density at radius 2 is 1.94 bits per heavy atom. The lowest BCUT2D eigenvalue weighted by molar-refractivity contribution is -0.150. The molecule has 2 atom stereocenters. The second kappa shape index (κ2) is 14.3. The van der Waals surface area contributed by atoms with Crippen molar-refractivity contribution in [2.24, 2.45) is 5.16 Å². The summed E-state index contributed by atoms with van der Waals surface area (Å²) in [5.41, 5.74) is 5.84. The number of thioether (sulfide) groups is 2. The van der Waals surface area contributed by atoms with Crippen LogP contribution in [0.4, 0.5) is 5.13 Å². The Kier molecular flexibility index (Phi) is 9.98. The Hall–Kier alpha value is -5.46. The molecule has 0 spiro atoms. The molecule has 1 fully saturated rings. The number of nitrogens with two attached hydrogens (primary N) is 1. The molecule has 272 valence electrons. The minimum atomic E-state index is -4.23. The zero-order valence-electron chi connectivity index (χ0n) is 26.6. The van der Waals surface area contributed by atoms with Crippen LogP contribution in [0.15, 0.2) is 56.0 Å². The molecule has 0 saturated carbocycles. The molecule has 6 N–H and O–H groups in total. The van der Waals surface area contributed by atoms with E-state index in [4.69, 9.17) is 10.6 Å². The van der Waals surface area contributed by atoms with E-state index in [0.29, 0.717) is 16.3 Å². The Balaban J connectivity index is 1.18. The van der Waals surface area contributed by atoms with E-state index in [-0.39, 0.29) is 39.6 Å². The quantitative estimate of drug-likeness (QED) is 0.0246.